The maximum atomic E-state index is 12.4. The lowest BCUT2D eigenvalue weighted by molar-refractivity contribution is 0.0605. The normalized spacial score (nSPS) is 11.9. The molecule has 3 aromatic rings. The van der Waals surface area contributed by atoms with E-state index in [0.717, 1.165) is 20.7 Å². The summed E-state index contributed by atoms with van der Waals surface area (Å²) in [7, 11) is 1.30. The van der Waals surface area contributed by atoms with Crippen molar-refractivity contribution in [3.8, 4) is 0 Å². The molecular weight excluding hydrogens is 436 g/mol. The molecule has 0 aliphatic heterocycles. The minimum atomic E-state index is -0.485. The van der Waals surface area contributed by atoms with Crippen molar-refractivity contribution in [1.29, 1.82) is 0 Å². The molecule has 5 nitrogen and oxygen atoms in total. The van der Waals surface area contributed by atoms with Crippen molar-refractivity contribution in [2.24, 2.45) is 0 Å². The molecule has 0 atom stereocenters. The molecule has 0 unspecified atom stereocenters. The van der Waals surface area contributed by atoms with Crippen LogP contribution in [0.4, 0.5) is 0 Å². The molecular formula is C15H10BrClN2O3S2. The van der Waals surface area contributed by atoms with Crippen LogP contribution in [-0.2, 0) is 4.74 Å². The Hall–Kier alpha value is -1.48. The summed E-state index contributed by atoms with van der Waals surface area (Å²) < 4.78 is 5.71. The molecule has 0 aromatic carbocycles. The van der Waals surface area contributed by atoms with Crippen LogP contribution in [0.25, 0.3) is 21.3 Å². The van der Waals surface area contributed by atoms with Gasteiger partial charge < -0.3 is 9.72 Å². The van der Waals surface area contributed by atoms with Crippen molar-refractivity contribution in [2.45, 2.75) is 6.92 Å². The van der Waals surface area contributed by atoms with Gasteiger partial charge in [-0.05, 0) is 51.5 Å². The summed E-state index contributed by atoms with van der Waals surface area (Å²) in [6, 6.07) is 1.91. The third kappa shape index (κ3) is 3.19. The molecule has 0 saturated heterocycles. The number of fused-ring (bicyclic) bond motifs is 1. The quantitative estimate of drug-likeness (QED) is 0.596. The smallest absolute Gasteiger partial charge is 0.348 e. The topological polar surface area (TPSA) is 72.0 Å². The van der Waals surface area contributed by atoms with Crippen molar-refractivity contribution in [3.05, 3.63) is 47.4 Å². The van der Waals surface area contributed by atoms with E-state index in [4.69, 9.17) is 16.3 Å². The maximum absolute atomic E-state index is 12.4. The number of aromatic nitrogens is 2. The molecule has 124 valence electrons. The summed E-state index contributed by atoms with van der Waals surface area (Å²) in [5.41, 5.74) is 1.12. The van der Waals surface area contributed by atoms with E-state index in [1.807, 2.05) is 11.4 Å². The predicted octanol–water partition coefficient (Wildman–Crippen LogP) is 4.64. The van der Waals surface area contributed by atoms with Crippen LogP contribution >= 0.6 is 50.2 Å². The second-order valence-electron chi connectivity index (χ2n) is 4.82. The molecule has 3 heterocycles. The summed E-state index contributed by atoms with van der Waals surface area (Å²) in [6.07, 6.45) is 1.72. The fourth-order valence-corrected chi connectivity index (χ4v) is 4.61. The molecule has 1 N–H and O–H groups in total. The van der Waals surface area contributed by atoms with Crippen molar-refractivity contribution >= 4 is 77.5 Å². The highest BCUT2D eigenvalue weighted by Crippen LogP contribution is 2.30. The van der Waals surface area contributed by atoms with E-state index >= 15 is 0 Å². The molecule has 0 saturated carbocycles. The van der Waals surface area contributed by atoms with Crippen LogP contribution in [0.3, 0.4) is 0 Å². The summed E-state index contributed by atoms with van der Waals surface area (Å²) in [5.74, 6) is -0.227. The number of ether oxygens (including phenoxy) is 1. The number of nitrogens with zero attached hydrogens (tertiary/aromatic N) is 1. The van der Waals surface area contributed by atoms with E-state index in [0.29, 0.717) is 25.7 Å². The van der Waals surface area contributed by atoms with Crippen molar-refractivity contribution in [1.82, 2.24) is 9.97 Å². The number of carbonyl (C=O) groups excluding carboxylic acids is 1. The van der Waals surface area contributed by atoms with Gasteiger partial charge in [-0.15, -0.1) is 22.7 Å². The van der Waals surface area contributed by atoms with Crippen molar-refractivity contribution < 1.29 is 9.53 Å². The SMILES string of the molecule is COC(=O)c1sc2nc(/C(Cl)=C/c3csc(Br)c3)[nH]c(=O)c2c1C. The van der Waals surface area contributed by atoms with E-state index in [-0.39, 0.29) is 11.4 Å². The fraction of sp³-hybridized carbons (Fsp3) is 0.133. The zero-order chi connectivity index (χ0) is 17.4. The number of aromatic amines is 1. The van der Waals surface area contributed by atoms with Gasteiger partial charge in [-0.25, -0.2) is 9.78 Å². The Kier molecular flexibility index (Phi) is 4.91. The molecule has 3 rings (SSSR count). The highest BCUT2D eigenvalue weighted by Gasteiger charge is 2.20. The van der Waals surface area contributed by atoms with Crippen molar-refractivity contribution in [2.75, 3.05) is 7.11 Å². The molecule has 0 amide bonds. The molecule has 0 radical (unpaired) electrons. The first kappa shape index (κ1) is 17.3. The maximum Gasteiger partial charge on any atom is 0.348 e. The summed E-state index contributed by atoms with van der Waals surface area (Å²) >= 11 is 12.3. The summed E-state index contributed by atoms with van der Waals surface area (Å²) in [4.78, 5) is 32.0. The number of hydrogen-bond acceptors (Lipinski definition) is 6. The highest BCUT2D eigenvalue weighted by atomic mass is 79.9. The second kappa shape index (κ2) is 6.79. The van der Waals surface area contributed by atoms with Gasteiger partial charge in [0.05, 0.1) is 21.3 Å². The number of rotatable bonds is 3. The lowest BCUT2D eigenvalue weighted by Gasteiger charge is -1.99. The number of thiophene rings is 2. The Balaban J connectivity index is 2.12. The Morgan fingerprint density at radius 2 is 2.25 bits per heavy atom. The third-order valence-corrected chi connectivity index (χ3v) is 6.26. The molecule has 24 heavy (non-hydrogen) atoms. The molecule has 9 heteroatoms. The number of nitrogens with one attached hydrogen (secondary N) is 1. The Labute approximate surface area is 158 Å². The fourth-order valence-electron chi connectivity index (χ4n) is 2.16. The van der Waals surface area contributed by atoms with Gasteiger partial charge in [-0.3, -0.25) is 4.79 Å². The first-order chi connectivity index (χ1) is 11.4. The monoisotopic (exact) mass is 444 g/mol. The van der Waals surface area contributed by atoms with Crippen LogP contribution < -0.4 is 5.56 Å². The van der Waals surface area contributed by atoms with E-state index in [9.17, 15) is 9.59 Å². The van der Waals surface area contributed by atoms with E-state index in [1.54, 1.807) is 13.0 Å². The van der Waals surface area contributed by atoms with E-state index in [1.165, 1.54) is 18.4 Å². The van der Waals surface area contributed by atoms with Gasteiger partial charge in [0.25, 0.3) is 5.56 Å². The molecule has 0 aliphatic rings. The Morgan fingerprint density at radius 1 is 1.50 bits per heavy atom. The second-order valence-corrected chi connectivity index (χ2v) is 8.52. The first-order valence-electron chi connectivity index (χ1n) is 6.64. The zero-order valence-electron chi connectivity index (χ0n) is 12.5. The van der Waals surface area contributed by atoms with Crippen LogP contribution in [0, 0.1) is 6.92 Å². The van der Waals surface area contributed by atoms with Gasteiger partial charge >= 0.3 is 5.97 Å². The van der Waals surface area contributed by atoms with Gasteiger partial charge in [-0.1, -0.05) is 11.6 Å². The van der Waals surface area contributed by atoms with Crippen LogP contribution in [0.1, 0.15) is 26.6 Å². The minimum Gasteiger partial charge on any atom is -0.465 e. The Morgan fingerprint density at radius 3 is 2.88 bits per heavy atom. The number of esters is 1. The molecule has 0 bridgehead atoms. The van der Waals surface area contributed by atoms with Crippen LogP contribution in [0.2, 0.25) is 0 Å². The Bertz CT molecular complexity index is 1040. The van der Waals surface area contributed by atoms with Gasteiger partial charge in [0, 0.05) is 0 Å². The van der Waals surface area contributed by atoms with E-state index < -0.39 is 5.97 Å². The van der Waals surface area contributed by atoms with Crippen LogP contribution in [0.5, 0.6) is 0 Å². The van der Waals surface area contributed by atoms with Gasteiger partial charge in [0.1, 0.15) is 9.71 Å². The average Bonchev–Trinajstić information content (AvgIpc) is 3.10. The minimum absolute atomic E-state index is 0.258. The van der Waals surface area contributed by atoms with Gasteiger partial charge in [0.15, 0.2) is 5.82 Å². The number of H-pyrrole nitrogens is 1. The van der Waals surface area contributed by atoms with Gasteiger partial charge in [-0.2, -0.15) is 0 Å². The number of methoxy groups -OCH3 is 1. The first-order valence-corrected chi connectivity index (χ1v) is 9.50. The third-order valence-electron chi connectivity index (χ3n) is 3.28. The highest BCUT2D eigenvalue weighted by molar-refractivity contribution is 9.11. The molecule has 0 aliphatic carbocycles. The van der Waals surface area contributed by atoms with Crippen LogP contribution in [-0.4, -0.2) is 23.0 Å². The average molecular weight is 446 g/mol. The number of carbonyl (C=O) groups is 1. The molecule has 0 fully saturated rings. The standard InChI is InChI=1S/C15H10BrClN2O3S2/c1-6-10-13(20)18-12(8(17)3-7-4-9(16)23-5-7)19-14(10)24-11(6)15(21)22-2/h3-5H,1-2H3,(H,18,19,20)/b8-3-. The van der Waals surface area contributed by atoms with Gasteiger partial charge in [0.2, 0.25) is 0 Å². The summed E-state index contributed by atoms with van der Waals surface area (Å²) in [5, 5.41) is 2.62. The summed E-state index contributed by atoms with van der Waals surface area (Å²) in [6.45, 7) is 1.70. The van der Waals surface area contributed by atoms with Crippen LogP contribution in [0.15, 0.2) is 20.0 Å². The predicted molar refractivity (Wildman–Crippen MR) is 102 cm³/mol. The number of hydrogen-bond donors (Lipinski definition) is 1. The molecule has 0 spiro atoms. The lowest BCUT2D eigenvalue weighted by atomic mass is 10.2. The molecule has 3 aromatic heterocycles. The van der Waals surface area contributed by atoms with Crippen molar-refractivity contribution in [3.63, 3.8) is 0 Å². The number of halogens is 2. The number of aryl methyl sites for hydroxylation is 1. The lowest BCUT2D eigenvalue weighted by Crippen LogP contribution is -2.10. The largest absolute Gasteiger partial charge is 0.465 e. The van der Waals surface area contributed by atoms with E-state index in [2.05, 4.69) is 25.9 Å². The zero-order valence-corrected chi connectivity index (χ0v) is 16.5.